The standard InChI is InChI=1S/C17H13Cl2N3O3/c1-11(22-10-20-9-21-22)17(24-25-17)15-7-6-14(8-16(15)19)23-13-4-2-12(18)3-5-13/h2-11H,1H3. The Morgan fingerprint density at radius 2 is 1.80 bits per heavy atom. The van der Waals surface area contributed by atoms with E-state index in [-0.39, 0.29) is 6.04 Å². The van der Waals surface area contributed by atoms with Gasteiger partial charge >= 0.3 is 0 Å². The zero-order chi connectivity index (χ0) is 17.4. The Kier molecular flexibility index (Phi) is 4.13. The normalized spacial score (nSPS) is 16.4. The maximum absolute atomic E-state index is 6.44. The fraction of sp³-hybridized carbons (Fsp3) is 0.176. The van der Waals surface area contributed by atoms with Gasteiger partial charge in [0.25, 0.3) is 5.79 Å². The second-order valence-corrected chi connectivity index (χ2v) is 6.43. The summed E-state index contributed by atoms with van der Waals surface area (Å²) in [5.41, 5.74) is 0.695. The summed E-state index contributed by atoms with van der Waals surface area (Å²) in [7, 11) is 0. The number of rotatable bonds is 5. The fourth-order valence-electron chi connectivity index (χ4n) is 2.57. The van der Waals surface area contributed by atoms with Crippen LogP contribution in [0.15, 0.2) is 55.1 Å². The molecule has 0 radical (unpaired) electrons. The molecule has 4 rings (SSSR count). The van der Waals surface area contributed by atoms with Crippen molar-refractivity contribution in [3.63, 3.8) is 0 Å². The molecular weight excluding hydrogens is 365 g/mol. The van der Waals surface area contributed by atoms with Crippen LogP contribution in [-0.4, -0.2) is 14.8 Å². The Balaban J connectivity index is 1.59. The number of aromatic nitrogens is 3. The van der Waals surface area contributed by atoms with Gasteiger partial charge < -0.3 is 4.74 Å². The van der Waals surface area contributed by atoms with Crippen LogP contribution in [-0.2, 0) is 15.6 Å². The third-order valence-electron chi connectivity index (χ3n) is 4.01. The molecule has 0 bridgehead atoms. The zero-order valence-corrected chi connectivity index (χ0v) is 14.6. The number of benzene rings is 2. The van der Waals surface area contributed by atoms with E-state index in [1.54, 1.807) is 47.4 Å². The minimum Gasteiger partial charge on any atom is -0.457 e. The Morgan fingerprint density at radius 3 is 2.40 bits per heavy atom. The van der Waals surface area contributed by atoms with Crippen LogP contribution < -0.4 is 4.74 Å². The molecule has 8 heteroatoms. The second-order valence-electron chi connectivity index (χ2n) is 5.58. The van der Waals surface area contributed by atoms with Gasteiger partial charge in [-0.3, -0.25) is 0 Å². The average Bonchev–Trinajstić information content (AvgIpc) is 3.21. The number of nitrogens with zero attached hydrogens (tertiary/aromatic N) is 3. The Labute approximate surface area is 153 Å². The molecule has 1 saturated heterocycles. The number of ether oxygens (including phenoxy) is 1. The van der Waals surface area contributed by atoms with Crippen molar-refractivity contribution in [3.05, 3.63) is 70.7 Å². The molecule has 1 atom stereocenters. The van der Waals surface area contributed by atoms with Gasteiger partial charge in [-0.25, -0.2) is 9.67 Å². The largest absolute Gasteiger partial charge is 0.457 e. The van der Waals surface area contributed by atoms with E-state index in [9.17, 15) is 0 Å². The summed E-state index contributed by atoms with van der Waals surface area (Å²) in [5, 5.41) is 5.24. The summed E-state index contributed by atoms with van der Waals surface area (Å²) in [5.74, 6) is 0.280. The van der Waals surface area contributed by atoms with Gasteiger partial charge in [0.05, 0.1) is 5.02 Å². The first-order valence-corrected chi connectivity index (χ1v) is 8.28. The van der Waals surface area contributed by atoms with Crippen molar-refractivity contribution in [3.8, 4) is 11.5 Å². The maximum atomic E-state index is 6.44. The molecule has 3 aromatic rings. The molecule has 6 nitrogen and oxygen atoms in total. The van der Waals surface area contributed by atoms with Gasteiger partial charge in [0.2, 0.25) is 0 Å². The van der Waals surface area contributed by atoms with Crippen molar-refractivity contribution in [2.24, 2.45) is 0 Å². The molecular formula is C17H13Cl2N3O3. The number of hydrogen-bond donors (Lipinski definition) is 0. The van der Waals surface area contributed by atoms with Crippen LogP contribution in [0.25, 0.3) is 0 Å². The molecule has 0 spiro atoms. The van der Waals surface area contributed by atoms with Gasteiger partial charge in [-0.2, -0.15) is 14.9 Å². The molecule has 1 aromatic heterocycles. The van der Waals surface area contributed by atoms with Crippen LogP contribution in [0.4, 0.5) is 0 Å². The quantitative estimate of drug-likeness (QED) is 0.473. The molecule has 1 aliphatic heterocycles. The van der Waals surface area contributed by atoms with E-state index < -0.39 is 5.79 Å². The van der Waals surface area contributed by atoms with E-state index in [0.717, 1.165) is 0 Å². The van der Waals surface area contributed by atoms with Crippen molar-refractivity contribution in [2.75, 3.05) is 0 Å². The lowest BCUT2D eigenvalue weighted by Gasteiger charge is -2.18. The molecule has 0 amide bonds. The monoisotopic (exact) mass is 377 g/mol. The zero-order valence-electron chi connectivity index (χ0n) is 13.1. The van der Waals surface area contributed by atoms with Gasteiger partial charge in [-0.05, 0) is 49.4 Å². The number of halogens is 2. The van der Waals surface area contributed by atoms with Crippen LogP contribution in [0.3, 0.4) is 0 Å². The predicted molar refractivity (Wildman–Crippen MR) is 91.6 cm³/mol. The van der Waals surface area contributed by atoms with Gasteiger partial charge in [-0.15, -0.1) is 0 Å². The lowest BCUT2D eigenvalue weighted by Crippen LogP contribution is -2.23. The first-order valence-electron chi connectivity index (χ1n) is 7.53. The summed E-state index contributed by atoms with van der Waals surface area (Å²) in [6.45, 7) is 1.91. The molecule has 2 heterocycles. The average molecular weight is 378 g/mol. The Bertz CT molecular complexity index is 881. The van der Waals surface area contributed by atoms with E-state index in [2.05, 4.69) is 10.1 Å². The van der Waals surface area contributed by atoms with E-state index in [1.807, 2.05) is 13.0 Å². The summed E-state index contributed by atoms with van der Waals surface area (Å²) in [6, 6.07) is 12.2. The molecule has 25 heavy (non-hydrogen) atoms. The van der Waals surface area contributed by atoms with E-state index in [1.165, 1.54) is 6.33 Å². The van der Waals surface area contributed by atoms with Crippen molar-refractivity contribution >= 4 is 23.2 Å². The predicted octanol–water partition coefficient (Wildman–Crippen LogP) is 4.75. The SMILES string of the molecule is CC(n1cncn1)C1(c2ccc(Oc3ccc(Cl)cc3)cc2Cl)OO1. The van der Waals surface area contributed by atoms with Crippen LogP contribution in [0, 0.1) is 0 Å². The van der Waals surface area contributed by atoms with Gasteiger partial charge in [0.1, 0.15) is 30.2 Å². The maximum Gasteiger partial charge on any atom is 0.282 e. The highest BCUT2D eigenvalue weighted by Crippen LogP contribution is 2.52. The van der Waals surface area contributed by atoms with Crippen LogP contribution in [0.5, 0.6) is 11.5 Å². The van der Waals surface area contributed by atoms with Crippen LogP contribution in [0.2, 0.25) is 10.0 Å². The smallest absolute Gasteiger partial charge is 0.282 e. The molecule has 0 saturated carbocycles. The molecule has 1 unspecified atom stereocenters. The molecule has 128 valence electrons. The highest BCUT2D eigenvalue weighted by atomic mass is 35.5. The first-order chi connectivity index (χ1) is 12.1. The number of hydrogen-bond acceptors (Lipinski definition) is 5. The third-order valence-corrected chi connectivity index (χ3v) is 4.58. The third kappa shape index (κ3) is 3.09. The summed E-state index contributed by atoms with van der Waals surface area (Å²) < 4.78 is 7.44. The first kappa shape index (κ1) is 16.4. The van der Waals surface area contributed by atoms with E-state index >= 15 is 0 Å². The molecule has 0 aliphatic carbocycles. The van der Waals surface area contributed by atoms with Crippen molar-refractivity contribution in [1.82, 2.24) is 14.8 Å². The van der Waals surface area contributed by atoms with Gasteiger partial charge in [0, 0.05) is 10.6 Å². The van der Waals surface area contributed by atoms with Crippen molar-refractivity contribution < 1.29 is 14.5 Å². The molecule has 2 aromatic carbocycles. The highest BCUT2D eigenvalue weighted by molar-refractivity contribution is 6.31. The molecule has 1 aliphatic rings. The van der Waals surface area contributed by atoms with Crippen LogP contribution in [0.1, 0.15) is 18.5 Å². The van der Waals surface area contributed by atoms with E-state index in [0.29, 0.717) is 27.1 Å². The Morgan fingerprint density at radius 1 is 1.08 bits per heavy atom. The second kappa shape index (κ2) is 6.31. The topological polar surface area (TPSA) is 65.0 Å². The lowest BCUT2D eigenvalue weighted by molar-refractivity contribution is 0.0850. The summed E-state index contributed by atoms with van der Waals surface area (Å²) >= 11 is 12.3. The molecule has 1 fully saturated rings. The molecule has 0 N–H and O–H groups in total. The Hall–Kier alpha value is -2.12. The van der Waals surface area contributed by atoms with Crippen molar-refractivity contribution in [2.45, 2.75) is 18.8 Å². The minimum atomic E-state index is -0.983. The lowest BCUT2D eigenvalue weighted by atomic mass is 10.0. The highest BCUT2D eigenvalue weighted by Gasteiger charge is 2.58. The summed E-state index contributed by atoms with van der Waals surface area (Å²) in [4.78, 5) is 14.5. The van der Waals surface area contributed by atoms with E-state index in [4.69, 9.17) is 37.7 Å². The van der Waals surface area contributed by atoms with Crippen LogP contribution >= 0.6 is 23.2 Å². The van der Waals surface area contributed by atoms with Gasteiger partial charge in [0.15, 0.2) is 0 Å². The van der Waals surface area contributed by atoms with Crippen molar-refractivity contribution in [1.29, 1.82) is 0 Å². The summed E-state index contributed by atoms with van der Waals surface area (Å²) in [6.07, 6.45) is 3.06. The fourth-order valence-corrected chi connectivity index (χ4v) is 3.00. The van der Waals surface area contributed by atoms with Gasteiger partial charge in [-0.1, -0.05) is 23.2 Å². The minimum absolute atomic E-state index is 0.240.